The highest BCUT2D eigenvalue weighted by Gasteiger charge is 2.28. The fourth-order valence-electron chi connectivity index (χ4n) is 0.662. The molecule has 0 saturated carbocycles. The van der Waals surface area contributed by atoms with E-state index in [0.29, 0.717) is 0 Å². The first-order chi connectivity index (χ1) is 5.47. The Bertz CT molecular complexity index is 254. The summed E-state index contributed by atoms with van der Waals surface area (Å²) in [6.45, 7) is 0. The van der Waals surface area contributed by atoms with Gasteiger partial charge in [-0.05, 0) is 11.6 Å². The molecule has 0 aliphatic rings. The number of rotatable bonds is 1. The number of aromatic nitrogens is 1. The van der Waals surface area contributed by atoms with Gasteiger partial charge in [0.25, 0.3) is 0 Å². The van der Waals surface area contributed by atoms with Crippen LogP contribution in [-0.4, -0.2) is 11.2 Å². The summed E-state index contributed by atoms with van der Waals surface area (Å²) in [6, 6.07) is 2.56. The van der Waals surface area contributed by atoms with E-state index in [1.165, 1.54) is 12.1 Å². The van der Waals surface area contributed by atoms with Crippen LogP contribution in [0.25, 0.3) is 0 Å². The second-order valence-electron chi connectivity index (χ2n) is 2.10. The predicted molar refractivity (Wildman–Crippen MR) is 38.7 cm³/mol. The van der Waals surface area contributed by atoms with Gasteiger partial charge in [-0.2, -0.15) is 13.2 Å². The van der Waals surface area contributed by atoms with E-state index in [4.69, 9.17) is 11.6 Å². The van der Waals surface area contributed by atoms with Crippen LogP contribution in [0.4, 0.5) is 13.2 Å². The van der Waals surface area contributed by atoms with Gasteiger partial charge in [0.1, 0.15) is 5.15 Å². The number of halogens is 4. The summed E-state index contributed by atoms with van der Waals surface area (Å²) < 4.78 is 35.2. The Balaban J connectivity index is 2.71. The third-order valence-corrected chi connectivity index (χ3v) is 1.30. The fourth-order valence-corrected chi connectivity index (χ4v) is 0.773. The maximum absolute atomic E-state index is 11.7. The molecule has 0 aliphatic heterocycles. The summed E-state index contributed by atoms with van der Waals surface area (Å²) in [4.78, 5) is 3.50. The first kappa shape index (κ1) is 9.32. The maximum Gasteiger partial charge on any atom is 0.396 e. The second kappa shape index (κ2) is 3.31. The zero-order valence-corrected chi connectivity index (χ0v) is 6.52. The molecule has 1 radical (unpaired) electrons. The maximum atomic E-state index is 11.7. The molecule has 1 aromatic heterocycles. The highest BCUT2D eigenvalue weighted by atomic mass is 35.5. The Morgan fingerprint density at radius 2 is 2.00 bits per heavy atom. The van der Waals surface area contributed by atoms with E-state index in [-0.39, 0.29) is 17.1 Å². The molecule has 1 heterocycles. The van der Waals surface area contributed by atoms with Crippen LogP contribution in [-0.2, 0) is 0 Å². The molecule has 1 rings (SSSR count). The average Bonchev–Trinajstić information content (AvgIpc) is 1.91. The van der Waals surface area contributed by atoms with Gasteiger partial charge in [-0.15, -0.1) is 0 Å². The Morgan fingerprint density at radius 1 is 1.33 bits per heavy atom. The lowest BCUT2D eigenvalue weighted by molar-refractivity contribution is -0.0928. The lowest BCUT2D eigenvalue weighted by Crippen LogP contribution is -2.08. The van der Waals surface area contributed by atoms with Crippen LogP contribution in [0.2, 0.25) is 5.15 Å². The van der Waals surface area contributed by atoms with E-state index in [2.05, 4.69) is 4.98 Å². The highest BCUT2D eigenvalue weighted by molar-refractivity contribution is 6.29. The van der Waals surface area contributed by atoms with Crippen LogP contribution in [0.1, 0.15) is 5.56 Å². The minimum atomic E-state index is -4.31. The Hall–Kier alpha value is -0.770. The first-order valence-electron chi connectivity index (χ1n) is 3.01. The van der Waals surface area contributed by atoms with Gasteiger partial charge >= 0.3 is 6.18 Å². The number of nitrogens with zero attached hydrogens (tertiary/aromatic N) is 1. The monoisotopic (exact) mass is 194 g/mol. The van der Waals surface area contributed by atoms with Gasteiger partial charge in [-0.3, -0.25) is 0 Å². The van der Waals surface area contributed by atoms with Crippen molar-refractivity contribution in [3.05, 3.63) is 35.5 Å². The molecular weight excluding hydrogens is 191 g/mol. The van der Waals surface area contributed by atoms with Crippen molar-refractivity contribution >= 4 is 11.6 Å². The molecule has 0 fully saturated rings. The number of alkyl halides is 3. The molecule has 0 spiro atoms. The highest BCUT2D eigenvalue weighted by Crippen LogP contribution is 2.23. The average molecular weight is 195 g/mol. The van der Waals surface area contributed by atoms with Gasteiger partial charge < -0.3 is 0 Å². The molecular formula is C7H4ClF3N. The minimum absolute atomic E-state index is 0.00750. The number of pyridine rings is 1. The first-order valence-corrected chi connectivity index (χ1v) is 3.39. The SMILES string of the molecule is FC(F)(F)[CH]c1ccc(Cl)nc1. The summed E-state index contributed by atoms with van der Waals surface area (Å²) in [5.74, 6) is 0. The van der Waals surface area contributed by atoms with Crippen LogP contribution in [0.5, 0.6) is 0 Å². The van der Waals surface area contributed by atoms with Crippen molar-refractivity contribution in [3.8, 4) is 0 Å². The largest absolute Gasteiger partial charge is 0.396 e. The van der Waals surface area contributed by atoms with Crippen molar-refractivity contribution in [1.82, 2.24) is 4.98 Å². The van der Waals surface area contributed by atoms with E-state index in [1.54, 1.807) is 0 Å². The van der Waals surface area contributed by atoms with Crippen molar-refractivity contribution in [2.75, 3.05) is 0 Å². The molecule has 0 unspecified atom stereocenters. The van der Waals surface area contributed by atoms with E-state index >= 15 is 0 Å². The van der Waals surface area contributed by atoms with Crippen LogP contribution in [0, 0.1) is 6.42 Å². The smallest absolute Gasteiger partial charge is 0.244 e. The second-order valence-corrected chi connectivity index (χ2v) is 2.49. The number of hydrogen-bond acceptors (Lipinski definition) is 1. The summed E-state index contributed by atoms with van der Waals surface area (Å²) in [5, 5.41) is 0.175. The zero-order chi connectivity index (χ0) is 9.19. The fraction of sp³-hybridized carbons (Fsp3) is 0.143. The van der Waals surface area contributed by atoms with E-state index in [0.717, 1.165) is 6.20 Å². The Kier molecular flexibility index (Phi) is 2.57. The lowest BCUT2D eigenvalue weighted by atomic mass is 10.2. The minimum Gasteiger partial charge on any atom is -0.244 e. The van der Waals surface area contributed by atoms with Gasteiger partial charge in [0.2, 0.25) is 0 Å². The molecule has 0 bridgehead atoms. The topological polar surface area (TPSA) is 12.9 Å². The van der Waals surface area contributed by atoms with Crippen molar-refractivity contribution in [2.24, 2.45) is 0 Å². The third-order valence-electron chi connectivity index (χ3n) is 1.08. The van der Waals surface area contributed by atoms with Gasteiger partial charge in [0.05, 0.1) is 6.42 Å². The van der Waals surface area contributed by atoms with E-state index in [1.807, 2.05) is 0 Å². The molecule has 0 saturated heterocycles. The van der Waals surface area contributed by atoms with Crippen LogP contribution in [0.15, 0.2) is 18.3 Å². The van der Waals surface area contributed by atoms with Crippen molar-refractivity contribution < 1.29 is 13.2 Å². The van der Waals surface area contributed by atoms with Crippen LogP contribution < -0.4 is 0 Å². The van der Waals surface area contributed by atoms with Crippen LogP contribution in [0.3, 0.4) is 0 Å². The molecule has 0 aliphatic carbocycles. The van der Waals surface area contributed by atoms with Crippen molar-refractivity contribution in [3.63, 3.8) is 0 Å². The summed E-state index contributed by atoms with van der Waals surface area (Å²) in [6.07, 6.45) is -3.08. The van der Waals surface area contributed by atoms with Gasteiger partial charge in [-0.25, -0.2) is 4.98 Å². The van der Waals surface area contributed by atoms with Crippen molar-refractivity contribution in [2.45, 2.75) is 6.18 Å². The molecule has 12 heavy (non-hydrogen) atoms. The molecule has 0 aromatic carbocycles. The van der Waals surface area contributed by atoms with Gasteiger partial charge in [0, 0.05) is 6.20 Å². The molecule has 0 amide bonds. The zero-order valence-electron chi connectivity index (χ0n) is 5.77. The summed E-state index contributed by atoms with van der Waals surface area (Å²) in [5.41, 5.74) is -0.00750. The van der Waals surface area contributed by atoms with Crippen molar-refractivity contribution in [1.29, 1.82) is 0 Å². The Labute approximate surface area is 72.2 Å². The summed E-state index contributed by atoms with van der Waals surface area (Å²) in [7, 11) is 0. The standard InChI is InChI=1S/C7H4ClF3N/c8-6-2-1-5(4-12-6)3-7(9,10)11/h1-4H. The predicted octanol–water partition coefficient (Wildman–Crippen LogP) is 2.85. The molecule has 0 atom stereocenters. The van der Waals surface area contributed by atoms with E-state index in [9.17, 15) is 13.2 Å². The number of hydrogen-bond donors (Lipinski definition) is 0. The molecule has 0 N–H and O–H groups in total. The molecule has 65 valence electrons. The van der Waals surface area contributed by atoms with E-state index < -0.39 is 6.18 Å². The molecule has 1 nitrogen and oxygen atoms in total. The molecule has 1 aromatic rings. The summed E-state index contributed by atoms with van der Waals surface area (Å²) >= 11 is 5.38. The lowest BCUT2D eigenvalue weighted by Gasteiger charge is -2.04. The van der Waals surface area contributed by atoms with Crippen LogP contribution >= 0.6 is 11.6 Å². The normalized spacial score (nSPS) is 11.7. The Morgan fingerprint density at radius 3 is 2.42 bits per heavy atom. The quantitative estimate of drug-likeness (QED) is 0.627. The molecule has 5 heteroatoms. The third kappa shape index (κ3) is 3.09. The van der Waals surface area contributed by atoms with Gasteiger partial charge in [-0.1, -0.05) is 17.7 Å². The van der Waals surface area contributed by atoms with Gasteiger partial charge in [0.15, 0.2) is 0 Å².